The van der Waals surface area contributed by atoms with Crippen molar-refractivity contribution in [2.75, 3.05) is 0 Å². The second-order valence-corrected chi connectivity index (χ2v) is 3.33. The maximum absolute atomic E-state index is 13.2. The van der Waals surface area contributed by atoms with Gasteiger partial charge in [-0.15, -0.1) is 0 Å². The molecule has 12 heavy (non-hydrogen) atoms. The van der Waals surface area contributed by atoms with Gasteiger partial charge in [0.05, 0.1) is 6.42 Å². The van der Waals surface area contributed by atoms with Crippen molar-refractivity contribution in [3.63, 3.8) is 0 Å². The van der Waals surface area contributed by atoms with Crippen LogP contribution in [-0.2, 0) is 0 Å². The molecule has 0 fully saturated rings. The molecule has 2 nitrogen and oxygen atoms in total. The number of hydrogen-bond acceptors (Lipinski definition) is 2. The highest BCUT2D eigenvalue weighted by molar-refractivity contribution is 5.89. The van der Waals surface area contributed by atoms with E-state index in [9.17, 15) is 13.2 Å². The number of amidine groups is 1. The summed E-state index contributed by atoms with van der Waals surface area (Å²) < 4.78 is 38.9. The van der Waals surface area contributed by atoms with Crippen molar-refractivity contribution in [1.82, 2.24) is 0 Å². The van der Waals surface area contributed by atoms with Crippen molar-refractivity contribution in [3.05, 3.63) is 0 Å². The minimum absolute atomic E-state index is 0.332. The highest BCUT2D eigenvalue weighted by Crippen LogP contribution is 2.37. The van der Waals surface area contributed by atoms with E-state index in [0.717, 1.165) is 6.92 Å². The van der Waals surface area contributed by atoms with E-state index in [-0.39, 0.29) is 5.84 Å². The van der Waals surface area contributed by atoms with E-state index in [0.29, 0.717) is 0 Å². The van der Waals surface area contributed by atoms with Crippen LogP contribution in [0, 0.1) is 0 Å². The summed E-state index contributed by atoms with van der Waals surface area (Å²) in [5.74, 6) is -3.42. The largest absolute Gasteiger partial charge is 0.385 e. The van der Waals surface area contributed by atoms with Crippen LogP contribution in [-0.4, -0.2) is 23.5 Å². The lowest BCUT2D eigenvalue weighted by Gasteiger charge is -2.33. The van der Waals surface area contributed by atoms with Gasteiger partial charge in [-0.2, -0.15) is 0 Å². The van der Waals surface area contributed by atoms with Crippen LogP contribution in [0.1, 0.15) is 20.3 Å². The van der Waals surface area contributed by atoms with Crippen molar-refractivity contribution in [1.29, 1.82) is 0 Å². The molecule has 1 aliphatic rings. The van der Waals surface area contributed by atoms with Gasteiger partial charge in [0.25, 0.3) is 5.92 Å². The SMILES string of the molecule is C[C@H]1N=C(N)[C@](C)(F)CC1(F)F. The maximum Gasteiger partial charge on any atom is 0.273 e. The van der Waals surface area contributed by atoms with Gasteiger partial charge >= 0.3 is 0 Å². The molecule has 1 heterocycles. The van der Waals surface area contributed by atoms with Crippen LogP contribution in [0.5, 0.6) is 0 Å². The number of aliphatic imine (C=N–C) groups is 1. The highest BCUT2D eigenvalue weighted by Gasteiger charge is 2.49. The van der Waals surface area contributed by atoms with Crippen molar-refractivity contribution < 1.29 is 13.2 Å². The van der Waals surface area contributed by atoms with Crippen LogP contribution in [0.2, 0.25) is 0 Å². The first-order chi connectivity index (χ1) is 5.26. The minimum Gasteiger partial charge on any atom is -0.385 e. The first-order valence-corrected chi connectivity index (χ1v) is 3.66. The molecule has 0 unspecified atom stereocenters. The Hall–Kier alpha value is -0.740. The van der Waals surface area contributed by atoms with Crippen LogP contribution in [0.3, 0.4) is 0 Å². The standard InChI is InChI=1S/C7H11F3N2/c1-4-7(9,10)3-6(2,8)5(11)12-4/h4H,3H2,1-2H3,(H2,11,12)/t4-,6-/m1/s1. The fourth-order valence-corrected chi connectivity index (χ4v) is 1.12. The van der Waals surface area contributed by atoms with Crippen molar-refractivity contribution in [2.24, 2.45) is 10.7 Å². The number of nitrogens with zero attached hydrogens (tertiary/aromatic N) is 1. The molecule has 2 atom stereocenters. The van der Waals surface area contributed by atoms with E-state index in [1.165, 1.54) is 6.92 Å². The molecule has 0 bridgehead atoms. The molecule has 5 heteroatoms. The van der Waals surface area contributed by atoms with Crippen molar-refractivity contribution in [2.45, 2.75) is 37.9 Å². The zero-order valence-electron chi connectivity index (χ0n) is 6.94. The highest BCUT2D eigenvalue weighted by atomic mass is 19.3. The lowest BCUT2D eigenvalue weighted by molar-refractivity contribution is -0.0608. The van der Waals surface area contributed by atoms with Crippen LogP contribution < -0.4 is 5.73 Å². The number of hydrogen-bond donors (Lipinski definition) is 1. The molecule has 0 aromatic heterocycles. The summed E-state index contributed by atoms with van der Waals surface area (Å²) in [5, 5.41) is 0. The van der Waals surface area contributed by atoms with Crippen LogP contribution in [0.25, 0.3) is 0 Å². The summed E-state index contributed by atoms with van der Waals surface area (Å²) in [5.41, 5.74) is 3.00. The van der Waals surface area contributed by atoms with Gasteiger partial charge in [0.2, 0.25) is 0 Å². The van der Waals surface area contributed by atoms with E-state index in [2.05, 4.69) is 4.99 Å². The molecule has 2 N–H and O–H groups in total. The molecular formula is C7H11F3N2. The molecule has 0 spiro atoms. The molecule has 1 rings (SSSR count). The van der Waals surface area contributed by atoms with Gasteiger partial charge in [-0.3, -0.25) is 4.99 Å². The van der Waals surface area contributed by atoms with Gasteiger partial charge < -0.3 is 5.73 Å². The van der Waals surface area contributed by atoms with Crippen molar-refractivity contribution >= 4 is 5.84 Å². The normalized spacial score (nSPS) is 40.8. The Kier molecular flexibility index (Phi) is 1.85. The quantitative estimate of drug-likeness (QED) is 0.602. The predicted molar refractivity (Wildman–Crippen MR) is 40.2 cm³/mol. The molecule has 0 radical (unpaired) electrons. The fraction of sp³-hybridized carbons (Fsp3) is 0.857. The van der Waals surface area contributed by atoms with Crippen LogP contribution in [0.4, 0.5) is 13.2 Å². The number of alkyl halides is 3. The summed E-state index contributed by atoms with van der Waals surface area (Å²) in [6.07, 6.45) is -0.878. The molecule has 0 aromatic rings. The van der Waals surface area contributed by atoms with E-state index >= 15 is 0 Å². The van der Waals surface area contributed by atoms with E-state index in [1.54, 1.807) is 0 Å². The Labute approximate surface area is 68.7 Å². The predicted octanol–water partition coefficient (Wildman–Crippen LogP) is 1.50. The smallest absolute Gasteiger partial charge is 0.273 e. The van der Waals surface area contributed by atoms with Gasteiger partial charge in [0.15, 0.2) is 5.67 Å². The lowest BCUT2D eigenvalue weighted by atomic mass is 9.91. The Morgan fingerprint density at radius 1 is 1.50 bits per heavy atom. The lowest BCUT2D eigenvalue weighted by Crippen LogP contribution is -2.50. The van der Waals surface area contributed by atoms with Gasteiger partial charge in [0.1, 0.15) is 11.9 Å². The molecular weight excluding hydrogens is 169 g/mol. The zero-order chi connectivity index (χ0) is 9.57. The van der Waals surface area contributed by atoms with E-state index in [1.807, 2.05) is 0 Å². The number of halogens is 3. The fourth-order valence-electron chi connectivity index (χ4n) is 1.12. The van der Waals surface area contributed by atoms with E-state index in [4.69, 9.17) is 5.73 Å². The topological polar surface area (TPSA) is 38.4 Å². The summed E-state index contributed by atoms with van der Waals surface area (Å²) in [4.78, 5) is 3.36. The summed E-state index contributed by atoms with van der Waals surface area (Å²) in [6, 6.07) is -1.22. The minimum atomic E-state index is -3.09. The Balaban J connectivity index is 2.99. The van der Waals surface area contributed by atoms with Gasteiger partial charge in [0, 0.05) is 0 Å². The molecule has 70 valence electrons. The maximum atomic E-state index is 13.2. The Bertz CT molecular complexity index is 223. The van der Waals surface area contributed by atoms with Gasteiger partial charge in [-0.05, 0) is 13.8 Å². The zero-order valence-corrected chi connectivity index (χ0v) is 6.94. The molecule has 0 saturated heterocycles. The summed E-state index contributed by atoms with van der Waals surface area (Å²) >= 11 is 0. The number of nitrogens with two attached hydrogens (primary N) is 1. The van der Waals surface area contributed by atoms with Crippen LogP contribution >= 0.6 is 0 Å². The first kappa shape index (κ1) is 9.35. The Morgan fingerprint density at radius 3 is 2.42 bits per heavy atom. The van der Waals surface area contributed by atoms with E-state index < -0.39 is 24.1 Å². The second-order valence-electron chi connectivity index (χ2n) is 3.33. The molecule has 0 aromatic carbocycles. The molecule has 0 amide bonds. The monoisotopic (exact) mass is 180 g/mol. The average Bonchev–Trinajstić information content (AvgIpc) is 1.82. The summed E-state index contributed by atoms with van der Waals surface area (Å²) in [6.45, 7) is 2.24. The molecule has 0 saturated carbocycles. The first-order valence-electron chi connectivity index (χ1n) is 3.66. The number of rotatable bonds is 0. The van der Waals surface area contributed by atoms with Gasteiger partial charge in [-0.25, -0.2) is 13.2 Å². The third kappa shape index (κ3) is 1.40. The van der Waals surface area contributed by atoms with Crippen LogP contribution in [0.15, 0.2) is 4.99 Å². The Morgan fingerprint density at radius 2 is 2.00 bits per heavy atom. The molecule has 1 aliphatic heterocycles. The van der Waals surface area contributed by atoms with Crippen molar-refractivity contribution in [3.8, 4) is 0 Å². The average molecular weight is 180 g/mol. The van der Waals surface area contributed by atoms with Gasteiger partial charge in [-0.1, -0.05) is 0 Å². The third-order valence-electron chi connectivity index (χ3n) is 2.05. The second kappa shape index (κ2) is 2.37. The third-order valence-corrected chi connectivity index (χ3v) is 2.05. The summed E-state index contributed by atoms with van der Waals surface area (Å²) in [7, 11) is 0. The molecule has 0 aliphatic carbocycles.